The molecular weight excluding hydrogens is 168 g/mol. The predicted molar refractivity (Wildman–Crippen MR) is 55.7 cm³/mol. The Morgan fingerprint density at radius 3 is 2.25 bits per heavy atom. The van der Waals surface area contributed by atoms with E-state index < -0.39 is 0 Å². The van der Waals surface area contributed by atoms with Crippen LogP contribution in [0.1, 0.15) is 53.4 Å². The van der Waals surface area contributed by atoms with E-state index in [0.717, 1.165) is 0 Å². The van der Waals surface area contributed by atoms with Crippen molar-refractivity contribution in [3.63, 3.8) is 0 Å². The topological polar surface area (TPSA) is 0 Å². The van der Waals surface area contributed by atoms with Crippen molar-refractivity contribution in [1.82, 2.24) is 0 Å². The molecule has 72 valence electrons. The largest absolute Gasteiger partial charge is 0.120 e. The lowest BCUT2D eigenvalue weighted by Gasteiger charge is -2.40. The second-order valence-electron chi connectivity index (χ2n) is 5.52. The zero-order valence-electron chi connectivity index (χ0n) is 8.78. The quantitative estimate of drug-likeness (QED) is 0.541. The van der Waals surface area contributed by atoms with Crippen molar-refractivity contribution in [1.29, 1.82) is 0 Å². The number of alkyl halides is 1. The lowest BCUT2D eigenvalue weighted by Crippen LogP contribution is -2.33. The van der Waals surface area contributed by atoms with Gasteiger partial charge < -0.3 is 0 Å². The molecule has 1 unspecified atom stereocenters. The Morgan fingerprint density at radius 1 is 1.33 bits per heavy atom. The molecule has 0 heterocycles. The van der Waals surface area contributed by atoms with Crippen LogP contribution in [0.25, 0.3) is 0 Å². The highest BCUT2D eigenvalue weighted by molar-refractivity contribution is 6.23. The van der Waals surface area contributed by atoms with Crippen molar-refractivity contribution in [2.24, 2.45) is 11.3 Å². The van der Waals surface area contributed by atoms with Crippen molar-refractivity contribution >= 4 is 11.6 Å². The van der Waals surface area contributed by atoms with Crippen molar-refractivity contribution < 1.29 is 0 Å². The van der Waals surface area contributed by atoms with Crippen molar-refractivity contribution in [3.05, 3.63) is 0 Å². The summed E-state index contributed by atoms with van der Waals surface area (Å²) in [6.07, 6.45) is 5.34. The fourth-order valence-corrected chi connectivity index (χ4v) is 2.47. The summed E-state index contributed by atoms with van der Waals surface area (Å²) in [5, 5.41) is 0. The molecule has 1 rings (SSSR count). The highest BCUT2D eigenvalue weighted by Crippen LogP contribution is 2.44. The standard InChI is InChI=1S/C11H21Cl/c1-10(2)7-5-6-9(8-10)11(3,4)12/h9H,5-8H2,1-4H3. The monoisotopic (exact) mass is 188 g/mol. The number of halogens is 1. The highest BCUT2D eigenvalue weighted by Gasteiger charge is 2.35. The van der Waals surface area contributed by atoms with Crippen LogP contribution in [0.3, 0.4) is 0 Å². The maximum atomic E-state index is 6.34. The molecule has 1 aliphatic carbocycles. The van der Waals surface area contributed by atoms with E-state index >= 15 is 0 Å². The Bertz CT molecular complexity index is 150. The smallest absolute Gasteiger partial charge is 0.0418 e. The molecule has 0 aromatic heterocycles. The van der Waals surface area contributed by atoms with Gasteiger partial charge in [-0.2, -0.15) is 0 Å². The Kier molecular flexibility index (Phi) is 2.78. The summed E-state index contributed by atoms with van der Waals surface area (Å²) in [6, 6.07) is 0. The van der Waals surface area contributed by atoms with E-state index in [1.54, 1.807) is 0 Å². The van der Waals surface area contributed by atoms with Crippen LogP contribution in [-0.2, 0) is 0 Å². The first-order valence-electron chi connectivity index (χ1n) is 5.00. The molecule has 0 radical (unpaired) electrons. The van der Waals surface area contributed by atoms with E-state index in [9.17, 15) is 0 Å². The van der Waals surface area contributed by atoms with Gasteiger partial charge in [0, 0.05) is 4.87 Å². The minimum atomic E-state index is -0.00229. The minimum Gasteiger partial charge on any atom is -0.120 e. The summed E-state index contributed by atoms with van der Waals surface area (Å²) in [7, 11) is 0. The molecule has 1 fully saturated rings. The lowest BCUT2D eigenvalue weighted by atomic mass is 9.69. The molecule has 0 aromatic carbocycles. The summed E-state index contributed by atoms with van der Waals surface area (Å²) in [5.74, 6) is 0.711. The Labute approximate surface area is 81.7 Å². The van der Waals surface area contributed by atoms with Gasteiger partial charge in [-0.3, -0.25) is 0 Å². The van der Waals surface area contributed by atoms with Crippen LogP contribution in [-0.4, -0.2) is 4.87 Å². The number of hydrogen-bond donors (Lipinski definition) is 0. The van der Waals surface area contributed by atoms with E-state index in [1.165, 1.54) is 25.7 Å². The third kappa shape index (κ3) is 2.65. The zero-order valence-corrected chi connectivity index (χ0v) is 9.54. The van der Waals surface area contributed by atoms with Gasteiger partial charge in [-0.15, -0.1) is 11.6 Å². The Hall–Kier alpha value is 0.290. The molecule has 0 saturated heterocycles. The summed E-state index contributed by atoms with van der Waals surface area (Å²) >= 11 is 6.34. The molecule has 1 heteroatoms. The molecule has 12 heavy (non-hydrogen) atoms. The number of rotatable bonds is 1. The molecule has 0 spiro atoms. The third-order valence-electron chi connectivity index (χ3n) is 3.18. The van der Waals surface area contributed by atoms with Gasteiger partial charge in [-0.05, 0) is 44.4 Å². The van der Waals surface area contributed by atoms with Crippen LogP contribution >= 0.6 is 11.6 Å². The SMILES string of the molecule is CC1(C)CCCC(C(C)(C)Cl)C1. The molecule has 1 saturated carbocycles. The maximum Gasteiger partial charge on any atom is 0.0418 e. The van der Waals surface area contributed by atoms with Gasteiger partial charge in [0.1, 0.15) is 0 Å². The van der Waals surface area contributed by atoms with Gasteiger partial charge in [-0.25, -0.2) is 0 Å². The first-order chi connectivity index (χ1) is 5.31. The highest BCUT2D eigenvalue weighted by atomic mass is 35.5. The average molecular weight is 189 g/mol. The second kappa shape index (κ2) is 3.21. The van der Waals surface area contributed by atoms with E-state index in [4.69, 9.17) is 11.6 Å². The van der Waals surface area contributed by atoms with Crippen LogP contribution in [0.15, 0.2) is 0 Å². The van der Waals surface area contributed by atoms with E-state index in [2.05, 4.69) is 27.7 Å². The van der Waals surface area contributed by atoms with Gasteiger partial charge in [-0.1, -0.05) is 20.3 Å². The van der Waals surface area contributed by atoms with Crippen LogP contribution in [0.4, 0.5) is 0 Å². The molecular formula is C11H21Cl. The van der Waals surface area contributed by atoms with Crippen molar-refractivity contribution in [2.45, 2.75) is 58.3 Å². The lowest BCUT2D eigenvalue weighted by molar-refractivity contribution is 0.156. The normalized spacial score (nSPS) is 30.2. The van der Waals surface area contributed by atoms with Gasteiger partial charge >= 0.3 is 0 Å². The molecule has 0 aromatic rings. The summed E-state index contributed by atoms with van der Waals surface area (Å²) < 4.78 is 0. The van der Waals surface area contributed by atoms with E-state index in [-0.39, 0.29) is 4.87 Å². The van der Waals surface area contributed by atoms with Crippen LogP contribution < -0.4 is 0 Å². The van der Waals surface area contributed by atoms with Crippen molar-refractivity contribution in [3.8, 4) is 0 Å². The molecule has 1 aliphatic rings. The summed E-state index contributed by atoms with van der Waals surface area (Å²) in [6.45, 7) is 9.03. The van der Waals surface area contributed by atoms with Crippen molar-refractivity contribution in [2.75, 3.05) is 0 Å². The summed E-state index contributed by atoms with van der Waals surface area (Å²) in [4.78, 5) is -0.00229. The molecule has 0 aliphatic heterocycles. The van der Waals surface area contributed by atoms with Gasteiger partial charge in [0.05, 0.1) is 0 Å². The fourth-order valence-electron chi connectivity index (χ4n) is 2.28. The van der Waals surface area contributed by atoms with E-state index in [1.807, 2.05) is 0 Å². The van der Waals surface area contributed by atoms with E-state index in [0.29, 0.717) is 11.3 Å². The zero-order chi connectivity index (χ0) is 9.41. The first-order valence-corrected chi connectivity index (χ1v) is 5.38. The average Bonchev–Trinajstić information content (AvgIpc) is 1.83. The third-order valence-corrected chi connectivity index (χ3v) is 3.48. The molecule has 1 atom stereocenters. The minimum absolute atomic E-state index is 0.00229. The van der Waals surface area contributed by atoms with Crippen LogP contribution in [0.5, 0.6) is 0 Å². The molecule has 0 N–H and O–H groups in total. The maximum absolute atomic E-state index is 6.34. The fraction of sp³-hybridized carbons (Fsp3) is 1.00. The first kappa shape index (κ1) is 10.4. The van der Waals surface area contributed by atoms with Gasteiger partial charge in [0.15, 0.2) is 0 Å². The number of hydrogen-bond acceptors (Lipinski definition) is 0. The Morgan fingerprint density at radius 2 is 1.92 bits per heavy atom. The second-order valence-corrected chi connectivity index (χ2v) is 6.50. The molecule has 0 amide bonds. The van der Waals surface area contributed by atoms with Gasteiger partial charge in [0.25, 0.3) is 0 Å². The Balaban J connectivity index is 2.58. The van der Waals surface area contributed by atoms with Crippen LogP contribution in [0.2, 0.25) is 0 Å². The predicted octanol–water partition coefficient (Wildman–Crippen LogP) is 4.22. The van der Waals surface area contributed by atoms with Crippen LogP contribution in [0, 0.1) is 11.3 Å². The molecule has 0 bridgehead atoms. The molecule has 0 nitrogen and oxygen atoms in total. The van der Waals surface area contributed by atoms with Gasteiger partial charge in [0.2, 0.25) is 0 Å². The summed E-state index contributed by atoms with van der Waals surface area (Å²) in [5.41, 5.74) is 0.523.